The average molecular weight is 292 g/mol. The third-order valence-electron chi connectivity index (χ3n) is 3.90. The maximum atomic E-state index is 11.1. The van der Waals surface area contributed by atoms with Gasteiger partial charge < -0.3 is 9.47 Å². The fourth-order valence-corrected chi connectivity index (χ4v) is 2.76. The first-order chi connectivity index (χ1) is 10.7. The fraction of sp³-hybridized carbons (Fsp3) is 0.211. The van der Waals surface area contributed by atoms with Gasteiger partial charge in [-0.2, -0.15) is 0 Å². The highest BCUT2D eigenvalue weighted by atomic mass is 16.1. The summed E-state index contributed by atoms with van der Waals surface area (Å²) >= 11 is 0. The van der Waals surface area contributed by atoms with Crippen molar-refractivity contribution in [1.29, 1.82) is 0 Å². The minimum absolute atomic E-state index is 0.714. The molecular formula is C19H20N2O. The van der Waals surface area contributed by atoms with E-state index in [0.29, 0.717) is 5.56 Å². The zero-order valence-corrected chi connectivity index (χ0v) is 13.0. The van der Waals surface area contributed by atoms with Crippen molar-refractivity contribution >= 4 is 24.1 Å². The van der Waals surface area contributed by atoms with Crippen LogP contribution in [0.5, 0.6) is 0 Å². The molecule has 2 aromatic rings. The largest absolute Gasteiger partial charge is 0.323 e. The van der Waals surface area contributed by atoms with Crippen LogP contribution in [-0.4, -0.2) is 36.4 Å². The molecule has 0 amide bonds. The van der Waals surface area contributed by atoms with Crippen molar-refractivity contribution in [3.05, 3.63) is 65.0 Å². The number of hydrogen-bond acceptors (Lipinski definition) is 2. The Morgan fingerprint density at radius 2 is 2.09 bits per heavy atom. The fourth-order valence-electron chi connectivity index (χ4n) is 2.76. The van der Waals surface area contributed by atoms with Crippen molar-refractivity contribution in [2.45, 2.75) is 6.42 Å². The Kier molecular flexibility index (Phi) is 4.07. The van der Waals surface area contributed by atoms with Gasteiger partial charge in [-0.3, -0.25) is 4.79 Å². The summed E-state index contributed by atoms with van der Waals surface area (Å²) < 4.78 is 2.13. The summed E-state index contributed by atoms with van der Waals surface area (Å²) in [6.07, 6.45) is 10.4. The molecule has 0 unspecified atom stereocenters. The lowest BCUT2D eigenvalue weighted by atomic mass is 9.95. The summed E-state index contributed by atoms with van der Waals surface area (Å²) in [7, 11) is 4.16. The number of nitrogens with zero attached hydrogens (tertiary/aromatic N) is 2. The number of carbonyl (C=O) groups is 1. The molecule has 3 nitrogen and oxygen atoms in total. The predicted molar refractivity (Wildman–Crippen MR) is 91.7 cm³/mol. The summed E-state index contributed by atoms with van der Waals surface area (Å²) in [6, 6.07) is 10.0. The summed E-state index contributed by atoms with van der Waals surface area (Å²) in [6.45, 7) is 1.00. The van der Waals surface area contributed by atoms with Gasteiger partial charge in [0.25, 0.3) is 0 Å². The SMILES string of the molecule is CN(C)CC/C=C1\c2cc(C=O)ccc2C=Cn2cccc21. The molecule has 0 saturated carbocycles. The number of fused-ring (bicyclic) bond motifs is 2. The third-order valence-corrected chi connectivity index (χ3v) is 3.90. The van der Waals surface area contributed by atoms with Crippen LogP contribution in [0, 0.1) is 0 Å². The molecule has 2 heterocycles. The normalized spacial score (nSPS) is 14.8. The van der Waals surface area contributed by atoms with Gasteiger partial charge in [0.05, 0.1) is 5.69 Å². The molecule has 0 atom stereocenters. The smallest absolute Gasteiger partial charge is 0.150 e. The first kappa shape index (κ1) is 14.5. The molecule has 0 bridgehead atoms. The van der Waals surface area contributed by atoms with Crippen LogP contribution in [0.25, 0.3) is 17.8 Å². The highest BCUT2D eigenvalue weighted by Crippen LogP contribution is 2.31. The number of carbonyl (C=O) groups excluding carboxylic acids is 1. The monoisotopic (exact) mass is 292 g/mol. The summed E-state index contributed by atoms with van der Waals surface area (Å²) in [5, 5.41) is 0. The second-order valence-corrected chi connectivity index (χ2v) is 5.79. The van der Waals surface area contributed by atoms with Gasteiger partial charge in [0.15, 0.2) is 0 Å². The molecule has 3 heteroatoms. The Hall–Kier alpha value is -2.39. The van der Waals surface area contributed by atoms with Crippen LogP contribution < -0.4 is 0 Å². The van der Waals surface area contributed by atoms with Crippen LogP contribution >= 0.6 is 0 Å². The highest BCUT2D eigenvalue weighted by Gasteiger charge is 2.15. The minimum atomic E-state index is 0.714. The second-order valence-electron chi connectivity index (χ2n) is 5.79. The molecule has 0 N–H and O–H groups in total. The maximum Gasteiger partial charge on any atom is 0.150 e. The summed E-state index contributed by atoms with van der Waals surface area (Å²) in [5.74, 6) is 0. The van der Waals surface area contributed by atoms with Crippen molar-refractivity contribution in [2.75, 3.05) is 20.6 Å². The van der Waals surface area contributed by atoms with E-state index in [9.17, 15) is 4.79 Å². The Balaban J connectivity index is 2.11. The second kappa shape index (κ2) is 6.16. The van der Waals surface area contributed by atoms with E-state index in [2.05, 4.69) is 54.2 Å². The molecule has 1 aliphatic heterocycles. The van der Waals surface area contributed by atoms with Crippen molar-refractivity contribution in [3.63, 3.8) is 0 Å². The lowest BCUT2D eigenvalue weighted by Gasteiger charge is -2.12. The number of aldehydes is 1. The van der Waals surface area contributed by atoms with Gasteiger partial charge in [-0.25, -0.2) is 0 Å². The van der Waals surface area contributed by atoms with E-state index in [4.69, 9.17) is 0 Å². The Morgan fingerprint density at radius 1 is 1.23 bits per heavy atom. The Morgan fingerprint density at radius 3 is 2.86 bits per heavy atom. The van der Waals surface area contributed by atoms with Crippen LogP contribution in [0.3, 0.4) is 0 Å². The number of hydrogen-bond donors (Lipinski definition) is 0. The molecule has 0 fully saturated rings. The van der Waals surface area contributed by atoms with E-state index in [1.165, 1.54) is 5.57 Å². The van der Waals surface area contributed by atoms with E-state index in [1.807, 2.05) is 24.3 Å². The molecule has 3 rings (SSSR count). The average Bonchev–Trinajstić information content (AvgIpc) is 2.92. The molecule has 1 aromatic carbocycles. The Labute approximate surface area is 131 Å². The van der Waals surface area contributed by atoms with Gasteiger partial charge in [0, 0.05) is 30.1 Å². The molecule has 1 aromatic heterocycles. The highest BCUT2D eigenvalue weighted by molar-refractivity contribution is 5.90. The molecule has 112 valence electrons. The van der Waals surface area contributed by atoms with Crippen molar-refractivity contribution in [2.24, 2.45) is 0 Å². The van der Waals surface area contributed by atoms with Gasteiger partial charge >= 0.3 is 0 Å². The third kappa shape index (κ3) is 2.81. The topological polar surface area (TPSA) is 25.2 Å². The van der Waals surface area contributed by atoms with Gasteiger partial charge in [0.1, 0.15) is 6.29 Å². The zero-order chi connectivity index (χ0) is 15.5. The lowest BCUT2D eigenvalue weighted by molar-refractivity contribution is 0.112. The van der Waals surface area contributed by atoms with E-state index in [1.54, 1.807) is 0 Å². The van der Waals surface area contributed by atoms with E-state index in [0.717, 1.165) is 36.1 Å². The predicted octanol–water partition coefficient (Wildman–Crippen LogP) is 3.63. The standard InChI is InChI=1S/C19H20N2O/c1-20(2)10-3-5-17-18-13-15(14-22)7-8-16(18)9-12-21-11-4-6-19(17)21/h4-9,11-14H,3,10H2,1-2H3/b17-5+. The maximum absolute atomic E-state index is 11.1. The number of aromatic nitrogens is 1. The molecule has 0 saturated heterocycles. The van der Waals surface area contributed by atoms with Crippen LogP contribution in [0.15, 0.2) is 42.6 Å². The molecule has 0 aliphatic carbocycles. The van der Waals surface area contributed by atoms with E-state index < -0.39 is 0 Å². The lowest BCUT2D eigenvalue weighted by Crippen LogP contribution is -2.12. The minimum Gasteiger partial charge on any atom is -0.323 e. The van der Waals surface area contributed by atoms with Crippen LogP contribution in [0.4, 0.5) is 0 Å². The van der Waals surface area contributed by atoms with Gasteiger partial charge in [0.2, 0.25) is 0 Å². The summed E-state index contributed by atoms with van der Waals surface area (Å²) in [4.78, 5) is 13.3. The molecule has 1 aliphatic rings. The van der Waals surface area contributed by atoms with E-state index in [-0.39, 0.29) is 0 Å². The van der Waals surface area contributed by atoms with Gasteiger partial charge in [-0.05, 0) is 55.9 Å². The van der Waals surface area contributed by atoms with Crippen LogP contribution in [0.2, 0.25) is 0 Å². The number of rotatable bonds is 4. The molecule has 0 radical (unpaired) electrons. The van der Waals surface area contributed by atoms with Crippen molar-refractivity contribution in [1.82, 2.24) is 9.47 Å². The van der Waals surface area contributed by atoms with Crippen LogP contribution in [0.1, 0.15) is 33.6 Å². The molecule has 0 spiro atoms. The summed E-state index contributed by atoms with van der Waals surface area (Å²) in [5.41, 5.74) is 5.33. The van der Waals surface area contributed by atoms with Crippen molar-refractivity contribution < 1.29 is 4.79 Å². The Bertz CT molecular complexity index is 751. The van der Waals surface area contributed by atoms with Gasteiger partial charge in [-0.1, -0.05) is 18.2 Å². The zero-order valence-electron chi connectivity index (χ0n) is 13.0. The van der Waals surface area contributed by atoms with E-state index >= 15 is 0 Å². The van der Waals surface area contributed by atoms with Gasteiger partial charge in [-0.15, -0.1) is 0 Å². The first-order valence-corrected chi connectivity index (χ1v) is 7.49. The van der Waals surface area contributed by atoms with Crippen molar-refractivity contribution in [3.8, 4) is 0 Å². The molecule has 22 heavy (non-hydrogen) atoms. The van der Waals surface area contributed by atoms with Crippen LogP contribution in [-0.2, 0) is 0 Å². The first-order valence-electron chi connectivity index (χ1n) is 7.49. The number of benzene rings is 1. The quantitative estimate of drug-likeness (QED) is 0.686. The molecular weight excluding hydrogens is 272 g/mol.